The average Bonchev–Trinajstić information content (AvgIpc) is 2.56. The van der Waals surface area contributed by atoms with Crippen LogP contribution in [0.15, 0.2) is 53.5 Å². The highest BCUT2D eigenvalue weighted by atomic mass is 32.2. The molecule has 0 bridgehead atoms. The van der Waals surface area contributed by atoms with Gasteiger partial charge in [-0.05, 0) is 51.2 Å². The van der Waals surface area contributed by atoms with Gasteiger partial charge in [0, 0.05) is 5.92 Å². The normalized spacial score (nSPS) is 22.3. The fourth-order valence-electron chi connectivity index (χ4n) is 3.42. The highest BCUT2D eigenvalue weighted by Gasteiger charge is 2.44. The molecule has 25 heavy (non-hydrogen) atoms. The molecule has 1 aliphatic rings. The van der Waals surface area contributed by atoms with Gasteiger partial charge in [0.1, 0.15) is 0 Å². The van der Waals surface area contributed by atoms with Crippen molar-refractivity contribution in [1.82, 2.24) is 0 Å². The van der Waals surface area contributed by atoms with E-state index in [1.807, 2.05) is 13.8 Å². The molecule has 1 saturated carbocycles. The van der Waals surface area contributed by atoms with Crippen LogP contribution in [0.5, 0.6) is 0 Å². The summed E-state index contributed by atoms with van der Waals surface area (Å²) in [7, 11) is -2.65. The molecule has 1 aromatic rings. The van der Waals surface area contributed by atoms with Gasteiger partial charge in [-0.2, -0.15) is 0 Å². The van der Waals surface area contributed by atoms with Crippen LogP contribution in [-0.2, 0) is 19.4 Å². The highest BCUT2D eigenvalue weighted by molar-refractivity contribution is 7.92. The summed E-state index contributed by atoms with van der Waals surface area (Å²) in [6.07, 6.45) is 2.14. The Morgan fingerprint density at radius 3 is 2.40 bits per heavy atom. The monoisotopic (exact) mass is 362 g/mol. The molecule has 2 rings (SSSR count). The van der Waals surface area contributed by atoms with Crippen LogP contribution in [0.1, 0.15) is 31.7 Å². The van der Waals surface area contributed by atoms with Gasteiger partial charge in [0.05, 0.1) is 12.0 Å². The summed E-state index contributed by atoms with van der Waals surface area (Å²) in [6.45, 7) is 11.9. The SMILES string of the molecule is C=C1CC[C@H](C(=C)C)CC1C(C(=O)OC)S(=O)(=O)c1ccc(C)cc1. The minimum atomic E-state index is -3.88. The lowest BCUT2D eigenvalue weighted by Crippen LogP contribution is -2.41. The molecule has 2 unspecified atom stereocenters. The molecule has 0 amide bonds. The Balaban J connectivity index is 2.48. The molecule has 4 nitrogen and oxygen atoms in total. The lowest BCUT2D eigenvalue weighted by Gasteiger charge is -2.35. The molecule has 5 heteroatoms. The first kappa shape index (κ1) is 19.4. The smallest absolute Gasteiger partial charge is 0.325 e. The first-order valence-electron chi connectivity index (χ1n) is 8.40. The van der Waals surface area contributed by atoms with Crippen molar-refractivity contribution < 1.29 is 17.9 Å². The third-order valence-electron chi connectivity index (χ3n) is 5.06. The molecule has 1 fully saturated rings. The minimum absolute atomic E-state index is 0.138. The van der Waals surface area contributed by atoms with Gasteiger partial charge in [-0.15, -0.1) is 0 Å². The predicted molar refractivity (Wildman–Crippen MR) is 99.0 cm³/mol. The standard InChI is InChI=1S/C20H26O4S/c1-13(2)16-9-8-15(4)18(12-16)19(20(21)24-5)25(22,23)17-10-6-14(3)7-11-17/h6-7,10-11,16,18-19H,1,4,8-9,12H2,2-3,5H3/t16-,18?,19?/m0/s1. The Morgan fingerprint density at radius 2 is 1.88 bits per heavy atom. The Kier molecular flexibility index (Phi) is 5.88. The maximum Gasteiger partial charge on any atom is 0.325 e. The first-order valence-corrected chi connectivity index (χ1v) is 9.94. The Bertz CT molecular complexity index is 774. The van der Waals surface area contributed by atoms with Crippen LogP contribution in [0.25, 0.3) is 0 Å². The average molecular weight is 362 g/mol. The van der Waals surface area contributed by atoms with Crippen LogP contribution in [0.4, 0.5) is 0 Å². The number of esters is 1. The van der Waals surface area contributed by atoms with Crippen molar-refractivity contribution in [2.45, 2.75) is 43.3 Å². The van der Waals surface area contributed by atoms with E-state index < -0.39 is 27.0 Å². The van der Waals surface area contributed by atoms with Crippen molar-refractivity contribution in [3.63, 3.8) is 0 Å². The molecular weight excluding hydrogens is 336 g/mol. The Hall–Kier alpha value is -1.88. The van der Waals surface area contributed by atoms with E-state index in [1.54, 1.807) is 24.3 Å². The number of ether oxygens (including phenoxy) is 1. The highest BCUT2D eigenvalue weighted by Crippen LogP contribution is 2.41. The van der Waals surface area contributed by atoms with Crippen LogP contribution >= 0.6 is 0 Å². The predicted octanol–water partition coefficient (Wildman–Crippen LogP) is 3.86. The minimum Gasteiger partial charge on any atom is -0.468 e. The molecule has 0 aliphatic heterocycles. The van der Waals surface area contributed by atoms with Gasteiger partial charge in [-0.25, -0.2) is 8.42 Å². The van der Waals surface area contributed by atoms with E-state index in [9.17, 15) is 13.2 Å². The van der Waals surface area contributed by atoms with Crippen LogP contribution in [0, 0.1) is 18.8 Å². The number of allylic oxidation sites excluding steroid dienone is 2. The van der Waals surface area contributed by atoms with Gasteiger partial charge in [-0.3, -0.25) is 4.79 Å². The van der Waals surface area contributed by atoms with E-state index in [2.05, 4.69) is 13.2 Å². The zero-order valence-corrected chi connectivity index (χ0v) is 15.9. The molecule has 0 spiro atoms. The summed E-state index contributed by atoms with van der Waals surface area (Å²) in [6, 6.07) is 6.55. The summed E-state index contributed by atoms with van der Waals surface area (Å²) < 4.78 is 31.3. The second kappa shape index (κ2) is 7.56. The summed E-state index contributed by atoms with van der Waals surface area (Å²) in [4.78, 5) is 12.6. The summed E-state index contributed by atoms with van der Waals surface area (Å²) >= 11 is 0. The molecule has 136 valence electrons. The number of aryl methyl sites for hydroxylation is 1. The summed E-state index contributed by atoms with van der Waals surface area (Å²) in [5.41, 5.74) is 2.76. The molecule has 1 aromatic carbocycles. The van der Waals surface area contributed by atoms with E-state index in [4.69, 9.17) is 4.74 Å². The molecular formula is C20H26O4S. The zero-order chi connectivity index (χ0) is 18.8. The van der Waals surface area contributed by atoms with Gasteiger partial charge >= 0.3 is 5.97 Å². The molecule has 1 aliphatic carbocycles. The summed E-state index contributed by atoms with van der Waals surface area (Å²) in [5.74, 6) is -1.00. The molecule has 0 heterocycles. The largest absolute Gasteiger partial charge is 0.468 e. The van der Waals surface area contributed by atoms with Crippen LogP contribution in [-0.4, -0.2) is 26.7 Å². The Labute approximate surface area is 150 Å². The van der Waals surface area contributed by atoms with Crippen molar-refractivity contribution in [2.24, 2.45) is 11.8 Å². The zero-order valence-electron chi connectivity index (χ0n) is 15.1. The maximum absolute atomic E-state index is 13.2. The number of sulfone groups is 1. The van der Waals surface area contributed by atoms with E-state index >= 15 is 0 Å². The van der Waals surface area contributed by atoms with Crippen LogP contribution in [0.3, 0.4) is 0 Å². The van der Waals surface area contributed by atoms with E-state index in [0.29, 0.717) is 12.8 Å². The van der Waals surface area contributed by atoms with Crippen molar-refractivity contribution in [1.29, 1.82) is 0 Å². The van der Waals surface area contributed by atoms with Gasteiger partial charge < -0.3 is 4.74 Å². The number of hydrogen-bond acceptors (Lipinski definition) is 4. The third-order valence-corrected chi connectivity index (χ3v) is 7.18. The number of carbonyl (C=O) groups is 1. The molecule has 3 atom stereocenters. The maximum atomic E-state index is 13.2. The van der Waals surface area contributed by atoms with Gasteiger partial charge in [0.2, 0.25) is 0 Å². The quantitative estimate of drug-likeness (QED) is 0.589. The molecule has 0 radical (unpaired) electrons. The van der Waals surface area contributed by atoms with Crippen molar-refractivity contribution in [2.75, 3.05) is 7.11 Å². The van der Waals surface area contributed by atoms with E-state index in [1.165, 1.54) is 7.11 Å². The molecule has 0 N–H and O–H groups in total. The van der Waals surface area contributed by atoms with Crippen LogP contribution in [0.2, 0.25) is 0 Å². The second-order valence-electron chi connectivity index (χ2n) is 6.88. The fourth-order valence-corrected chi connectivity index (χ4v) is 5.31. The van der Waals surface area contributed by atoms with E-state index in [0.717, 1.165) is 23.1 Å². The van der Waals surface area contributed by atoms with Gasteiger partial charge in [-0.1, -0.05) is 42.0 Å². The first-order chi connectivity index (χ1) is 11.7. The number of rotatable bonds is 5. The molecule has 0 aromatic heterocycles. The van der Waals surface area contributed by atoms with Crippen LogP contribution < -0.4 is 0 Å². The number of benzene rings is 1. The lowest BCUT2D eigenvalue weighted by atomic mass is 9.74. The fraction of sp³-hybridized carbons (Fsp3) is 0.450. The van der Waals surface area contributed by atoms with Gasteiger partial charge in [0.15, 0.2) is 15.1 Å². The number of carbonyl (C=O) groups excluding carboxylic acids is 1. The topological polar surface area (TPSA) is 60.4 Å². The second-order valence-corrected chi connectivity index (χ2v) is 8.95. The van der Waals surface area contributed by atoms with Crippen molar-refractivity contribution in [3.8, 4) is 0 Å². The summed E-state index contributed by atoms with van der Waals surface area (Å²) in [5, 5.41) is -1.27. The van der Waals surface area contributed by atoms with Crippen molar-refractivity contribution in [3.05, 3.63) is 54.1 Å². The van der Waals surface area contributed by atoms with Gasteiger partial charge in [0.25, 0.3) is 0 Å². The molecule has 0 saturated heterocycles. The van der Waals surface area contributed by atoms with E-state index in [-0.39, 0.29) is 10.8 Å². The third kappa shape index (κ3) is 4.03. The number of hydrogen-bond donors (Lipinski definition) is 0. The number of methoxy groups -OCH3 is 1. The Morgan fingerprint density at radius 1 is 1.28 bits per heavy atom. The lowest BCUT2D eigenvalue weighted by molar-refractivity contribution is -0.141. The van der Waals surface area contributed by atoms with Crippen molar-refractivity contribution >= 4 is 15.8 Å².